The highest BCUT2D eigenvalue weighted by Crippen LogP contribution is 2.60. The monoisotopic (exact) mass is 548 g/mol. The number of para-hydroxylation sites is 2. The van der Waals surface area contributed by atoms with E-state index >= 15 is 0 Å². The second kappa shape index (κ2) is 9.10. The van der Waals surface area contributed by atoms with Crippen LogP contribution in [0, 0.1) is 27.7 Å². The molecule has 5 aromatic carbocycles. The van der Waals surface area contributed by atoms with E-state index in [2.05, 4.69) is 162 Å². The van der Waals surface area contributed by atoms with Crippen molar-refractivity contribution in [2.24, 2.45) is 0 Å². The van der Waals surface area contributed by atoms with Crippen LogP contribution in [0.4, 0.5) is 34.1 Å². The summed E-state index contributed by atoms with van der Waals surface area (Å²) in [6.45, 7) is 18.3. The van der Waals surface area contributed by atoms with Crippen LogP contribution in [0.25, 0.3) is 0 Å². The SMILES string of the molecule is Cc1cc(C)cc(N(c2cc(C)cc(C)c2)c2ccc3c(c2)C(C)(C)c2cccc4c2N3c2ccccc2C4(C)C)c1. The van der Waals surface area contributed by atoms with Crippen molar-refractivity contribution in [3.63, 3.8) is 0 Å². The first-order valence-electron chi connectivity index (χ1n) is 15.1. The predicted molar refractivity (Wildman–Crippen MR) is 179 cm³/mol. The maximum absolute atomic E-state index is 2.54. The molecule has 0 amide bonds. The summed E-state index contributed by atoms with van der Waals surface area (Å²) < 4.78 is 0. The molecule has 0 N–H and O–H groups in total. The summed E-state index contributed by atoms with van der Waals surface area (Å²) in [5, 5.41) is 0. The van der Waals surface area contributed by atoms with E-state index < -0.39 is 0 Å². The van der Waals surface area contributed by atoms with Gasteiger partial charge in [0.05, 0.1) is 17.1 Å². The van der Waals surface area contributed by atoms with Crippen LogP contribution in [0.3, 0.4) is 0 Å². The third-order valence-corrected chi connectivity index (χ3v) is 9.51. The van der Waals surface area contributed by atoms with Gasteiger partial charge in [0, 0.05) is 27.9 Å². The minimum atomic E-state index is -0.174. The van der Waals surface area contributed by atoms with Gasteiger partial charge < -0.3 is 9.80 Å². The lowest BCUT2D eigenvalue weighted by molar-refractivity contribution is 0.597. The zero-order valence-corrected chi connectivity index (χ0v) is 26.1. The lowest BCUT2D eigenvalue weighted by Gasteiger charge is -2.49. The first-order valence-corrected chi connectivity index (χ1v) is 15.1. The highest BCUT2D eigenvalue weighted by Gasteiger charge is 2.45. The molecule has 0 atom stereocenters. The summed E-state index contributed by atoms with van der Waals surface area (Å²) in [6.07, 6.45) is 0. The number of hydrogen-bond donors (Lipinski definition) is 0. The van der Waals surface area contributed by atoms with Gasteiger partial charge in [0.1, 0.15) is 0 Å². The number of fused-ring (bicyclic) bond motifs is 4. The molecule has 0 bridgehead atoms. The van der Waals surface area contributed by atoms with E-state index in [1.54, 1.807) is 0 Å². The smallest absolute Gasteiger partial charge is 0.0543 e. The van der Waals surface area contributed by atoms with Crippen LogP contribution >= 0.6 is 0 Å². The van der Waals surface area contributed by atoms with Gasteiger partial charge in [-0.3, -0.25) is 0 Å². The molecule has 42 heavy (non-hydrogen) atoms. The topological polar surface area (TPSA) is 6.48 Å². The van der Waals surface area contributed by atoms with Crippen molar-refractivity contribution < 1.29 is 0 Å². The van der Waals surface area contributed by atoms with Gasteiger partial charge in [-0.25, -0.2) is 0 Å². The van der Waals surface area contributed by atoms with Crippen molar-refractivity contribution in [1.82, 2.24) is 0 Å². The molecule has 7 rings (SSSR count). The van der Waals surface area contributed by atoms with E-state index in [1.807, 2.05) is 0 Å². The van der Waals surface area contributed by atoms with Gasteiger partial charge in [-0.2, -0.15) is 0 Å². The maximum Gasteiger partial charge on any atom is 0.0543 e. The van der Waals surface area contributed by atoms with Crippen LogP contribution < -0.4 is 9.80 Å². The van der Waals surface area contributed by atoms with Crippen molar-refractivity contribution >= 4 is 34.1 Å². The molecule has 2 nitrogen and oxygen atoms in total. The van der Waals surface area contributed by atoms with E-state index in [0.717, 1.165) is 0 Å². The summed E-state index contributed by atoms with van der Waals surface area (Å²) in [6, 6.07) is 36.8. The van der Waals surface area contributed by atoms with Crippen LogP contribution in [0.15, 0.2) is 97.1 Å². The number of benzene rings is 5. The Bertz CT molecular complexity index is 1800. The maximum atomic E-state index is 2.54. The molecule has 2 heteroatoms. The summed E-state index contributed by atoms with van der Waals surface area (Å²) in [5.74, 6) is 0. The standard InChI is InChI=1S/C40H40N2/c1-25-18-26(2)21-30(20-25)41(31-22-27(3)19-28(4)23-31)29-16-17-37-35(24-29)40(7,8)34-14-11-13-33-38(34)42(37)36-15-10-9-12-32(36)39(33,5)6/h9-24H,1-8H3. The number of nitrogens with zero attached hydrogens (tertiary/aromatic N) is 2. The fourth-order valence-electron chi connectivity index (χ4n) is 7.62. The van der Waals surface area contributed by atoms with Gasteiger partial charge in [-0.05, 0) is 121 Å². The average molecular weight is 549 g/mol. The lowest BCUT2D eigenvalue weighted by Crippen LogP contribution is -2.38. The summed E-state index contributed by atoms with van der Waals surface area (Å²) in [7, 11) is 0. The van der Waals surface area contributed by atoms with E-state index in [9.17, 15) is 0 Å². The van der Waals surface area contributed by atoms with Crippen LogP contribution in [0.1, 0.15) is 72.2 Å². The molecule has 0 aliphatic carbocycles. The normalized spacial score (nSPS) is 15.5. The number of anilines is 6. The fraction of sp³-hybridized carbons (Fsp3) is 0.250. The molecule has 0 saturated heterocycles. The van der Waals surface area contributed by atoms with Gasteiger partial charge >= 0.3 is 0 Å². The Morgan fingerprint density at radius 1 is 0.452 bits per heavy atom. The van der Waals surface area contributed by atoms with E-state index in [-0.39, 0.29) is 10.8 Å². The molecule has 0 saturated carbocycles. The van der Waals surface area contributed by atoms with Crippen molar-refractivity contribution in [2.45, 2.75) is 66.2 Å². The second-order valence-corrected chi connectivity index (χ2v) is 13.5. The Hall–Kier alpha value is -4.30. The molecular weight excluding hydrogens is 508 g/mol. The molecule has 210 valence electrons. The minimum Gasteiger partial charge on any atom is -0.310 e. The lowest BCUT2D eigenvalue weighted by atomic mass is 9.66. The molecule has 0 spiro atoms. The zero-order valence-electron chi connectivity index (χ0n) is 26.1. The number of aryl methyl sites for hydroxylation is 4. The van der Waals surface area contributed by atoms with Gasteiger partial charge in [0.15, 0.2) is 0 Å². The first kappa shape index (κ1) is 26.6. The van der Waals surface area contributed by atoms with Gasteiger partial charge in [-0.15, -0.1) is 0 Å². The summed E-state index contributed by atoms with van der Waals surface area (Å²) in [4.78, 5) is 4.98. The van der Waals surface area contributed by atoms with Gasteiger partial charge in [0.2, 0.25) is 0 Å². The van der Waals surface area contributed by atoms with Crippen molar-refractivity contribution in [1.29, 1.82) is 0 Å². The molecule has 0 unspecified atom stereocenters. The molecule has 0 fully saturated rings. The number of hydrogen-bond acceptors (Lipinski definition) is 2. The van der Waals surface area contributed by atoms with Crippen LogP contribution in [0.5, 0.6) is 0 Å². The third-order valence-electron chi connectivity index (χ3n) is 9.51. The van der Waals surface area contributed by atoms with Crippen LogP contribution in [-0.2, 0) is 10.8 Å². The Morgan fingerprint density at radius 2 is 0.929 bits per heavy atom. The molecule has 0 aromatic heterocycles. The largest absolute Gasteiger partial charge is 0.310 e. The Balaban J connectivity index is 1.50. The van der Waals surface area contributed by atoms with Crippen LogP contribution in [-0.4, -0.2) is 0 Å². The average Bonchev–Trinajstić information content (AvgIpc) is 2.92. The highest BCUT2D eigenvalue weighted by molar-refractivity contribution is 5.94. The predicted octanol–water partition coefficient (Wildman–Crippen LogP) is 11.1. The molecule has 2 heterocycles. The minimum absolute atomic E-state index is 0.0746. The van der Waals surface area contributed by atoms with Crippen molar-refractivity contribution in [3.05, 3.63) is 142 Å². The molecular formula is C40H40N2. The first-order chi connectivity index (χ1) is 20.0. The Kier molecular flexibility index (Phi) is 5.76. The van der Waals surface area contributed by atoms with Crippen molar-refractivity contribution in [3.8, 4) is 0 Å². The highest BCUT2D eigenvalue weighted by atomic mass is 15.2. The van der Waals surface area contributed by atoms with Crippen molar-refractivity contribution in [2.75, 3.05) is 9.80 Å². The quantitative estimate of drug-likeness (QED) is 0.221. The zero-order chi connectivity index (χ0) is 29.6. The molecule has 2 aliphatic heterocycles. The summed E-state index contributed by atoms with van der Waals surface area (Å²) >= 11 is 0. The van der Waals surface area contributed by atoms with E-state index in [1.165, 1.54) is 78.6 Å². The Morgan fingerprint density at radius 3 is 1.50 bits per heavy atom. The van der Waals surface area contributed by atoms with E-state index in [4.69, 9.17) is 0 Å². The summed E-state index contributed by atoms with van der Waals surface area (Å²) in [5.41, 5.74) is 17.8. The third kappa shape index (κ3) is 3.85. The molecule has 5 aromatic rings. The number of rotatable bonds is 3. The fourth-order valence-corrected chi connectivity index (χ4v) is 7.62. The molecule has 0 radical (unpaired) electrons. The second-order valence-electron chi connectivity index (χ2n) is 13.5. The Labute approximate surface area is 251 Å². The molecule has 2 aliphatic rings. The van der Waals surface area contributed by atoms with Gasteiger partial charge in [0.25, 0.3) is 0 Å². The van der Waals surface area contributed by atoms with E-state index in [0.29, 0.717) is 0 Å². The van der Waals surface area contributed by atoms with Crippen LogP contribution in [0.2, 0.25) is 0 Å². The van der Waals surface area contributed by atoms with Gasteiger partial charge in [-0.1, -0.05) is 76.2 Å².